The van der Waals surface area contributed by atoms with Crippen LogP contribution in [0, 0.1) is 0 Å². The maximum absolute atomic E-state index is 4.23. The molecule has 0 spiro atoms. The van der Waals surface area contributed by atoms with Crippen LogP contribution in [0.2, 0.25) is 0 Å². The molecule has 168 valence electrons. The van der Waals surface area contributed by atoms with E-state index in [1.807, 2.05) is 19.1 Å². The number of benzene rings is 5. The number of hydrogen-bond acceptors (Lipinski definition) is 0. The summed E-state index contributed by atoms with van der Waals surface area (Å²) in [5.74, 6) is 0. The second kappa shape index (κ2) is 9.44. The van der Waals surface area contributed by atoms with E-state index in [1.165, 1.54) is 38.6 Å². The molecule has 0 aliphatic carbocycles. The fourth-order valence-corrected chi connectivity index (χ4v) is 4.91. The van der Waals surface area contributed by atoms with Crippen LogP contribution in [-0.2, 0) is 0 Å². The largest absolute Gasteiger partial charge is 0.0984 e. The first kappa shape index (κ1) is 22.4. The summed E-state index contributed by atoms with van der Waals surface area (Å²) < 4.78 is 0. The summed E-state index contributed by atoms with van der Waals surface area (Å²) in [6, 6.07) is 36.6. The third kappa shape index (κ3) is 4.05. The van der Waals surface area contributed by atoms with Gasteiger partial charge < -0.3 is 0 Å². The van der Waals surface area contributed by atoms with Gasteiger partial charge >= 0.3 is 0 Å². The summed E-state index contributed by atoms with van der Waals surface area (Å²) in [4.78, 5) is 0. The lowest BCUT2D eigenvalue weighted by atomic mass is 9.82. The molecular formula is C35H28. The Bertz CT molecular complexity index is 1550. The normalized spacial score (nSPS) is 10.8. The first-order valence-electron chi connectivity index (χ1n) is 11.9. The molecule has 35 heavy (non-hydrogen) atoms. The molecule has 0 aromatic heterocycles. The quantitative estimate of drug-likeness (QED) is 0.242. The van der Waals surface area contributed by atoms with E-state index >= 15 is 0 Å². The maximum atomic E-state index is 4.23. The van der Waals surface area contributed by atoms with Gasteiger partial charge in [-0.25, -0.2) is 0 Å². The SMILES string of the molecule is C=Cc1c(C=C)c(-c2ccccc2)c2cc(-c3ccccc3)ccc2c1-c1ccc(C(=C)C)cc1. The smallest absolute Gasteiger partial charge is 0.00264 e. The van der Waals surface area contributed by atoms with Gasteiger partial charge in [0.1, 0.15) is 0 Å². The molecule has 0 unspecified atom stereocenters. The van der Waals surface area contributed by atoms with Crippen LogP contribution < -0.4 is 0 Å². The lowest BCUT2D eigenvalue weighted by molar-refractivity contribution is 1.55. The highest BCUT2D eigenvalue weighted by atomic mass is 14.2. The van der Waals surface area contributed by atoms with Gasteiger partial charge in [0.15, 0.2) is 0 Å². The van der Waals surface area contributed by atoms with Crippen molar-refractivity contribution in [3.63, 3.8) is 0 Å². The average molecular weight is 449 g/mol. The molecule has 0 bridgehead atoms. The second-order valence-electron chi connectivity index (χ2n) is 8.84. The van der Waals surface area contributed by atoms with Crippen LogP contribution in [0.1, 0.15) is 23.6 Å². The molecule has 0 saturated heterocycles. The third-order valence-electron chi connectivity index (χ3n) is 6.63. The predicted octanol–water partition coefficient (Wildman–Crippen LogP) is 10.2. The van der Waals surface area contributed by atoms with Crippen molar-refractivity contribution in [2.75, 3.05) is 0 Å². The Morgan fingerprint density at radius 1 is 0.543 bits per heavy atom. The molecule has 0 saturated carbocycles. The van der Waals surface area contributed by atoms with Gasteiger partial charge in [-0.15, -0.1) is 0 Å². The molecule has 0 aliphatic heterocycles. The molecule has 0 amide bonds. The van der Waals surface area contributed by atoms with Crippen molar-refractivity contribution in [2.24, 2.45) is 0 Å². The van der Waals surface area contributed by atoms with Crippen molar-refractivity contribution in [3.8, 4) is 33.4 Å². The first-order chi connectivity index (χ1) is 17.1. The predicted molar refractivity (Wildman–Crippen MR) is 155 cm³/mol. The molecular weight excluding hydrogens is 420 g/mol. The molecule has 0 heterocycles. The zero-order valence-corrected chi connectivity index (χ0v) is 20.1. The van der Waals surface area contributed by atoms with Crippen molar-refractivity contribution < 1.29 is 0 Å². The Hall–Kier alpha value is -4.42. The van der Waals surface area contributed by atoms with Gasteiger partial charge in [0.2, 0.25) is 0 Å². The van der Waals surface area contributed by atoms with Crippen LogP contribution in [0.25, 0.3) is 61.9 Å². The van der Waals surface area contributed by atoms with Crippen LogP contribution in [0.4, 0.5) is 0 Å². The molecule has 0 aliphatic rings. The number of rotatable bonds is 6. The summed E-state index contributed by atoms with van der Waals surface area (Å²) in [5, 5.41) is 2.41. The van der Waals surface area contributed by atoms with Gasteiger partial charge in [-0.2, -0.15) is 0 Å². The number of hydrogen-bond donors (Lipinski definition) is 0. The topological polar surface area (TPSA) is 0 Å². The van der Waals surface area contributed by atoms with Crippen LogP contribution in [0.15, 0.2) is 123 Å². The van der Waals surface area contributed by atoms with Gasteiger partial charge in [-0.05, 0) is 73.8 Å². The molecule has 0 radical (unpaired) electrons. The Morgan fingerprint density at radius 2 is 1.03 bits per heavy atom. The molecule has 5 aromatic carbocycles. The van der Waals surface area contributed by atoms with E-state index in [2.05, 4.69) is 123 Å². The zero-order valence-electron chi connectivity index (χ0n) is 20.1. The van der Waals surface area contributed by atoms with E-state index in [0.29, 0.717) is 0 Å². The number of allylic oxidation sites excluding steroid dienone is 1. The molecule has 5 aromatic rings. The molecule has 0 fully saturated rings. The van der Waals surface area contributed by atoms with E-state index in [1.54, 1.807) is 0 Å². The van der Waals surface area contributed by atoms with E-state index in [4.69, 9.17) is 0 Å². The van der Waals surface area contributed by atoms with Crippen LogP contribution in [0.3, 0.4) is 0 Å². The fourth-order valence-electron chi connectivity index (χ4n) is 4.91. The van der Waals surface area contributed by atoms with Crippen molar-refractivity contribution >= 4 is 28.5 Å². The van der Waals surface area contributed by atoms with Gasteiger partial charge in [0, 0.05) is 0 Å². The highest BCUT2D eigenvalue weighted by Gasteiger charge is 2.19. The Kier molecular flexibility index (Phi) is 6.04. The van der Waals surface area contributed by atoms with Crippen LogP contribution in [0.5, 0.6) is 0 Å². The minimum Gasteiger partial charge on any atom is -0.0984 e. The fraction of sp³-hybridized carbons (Fsp3) is 0.0286. The standard InChI is InChI=1S/C35H28/c1-5-30-31(6-2)35(27-15-11-8-12-16-27)33-23-29(26-13-9-7-10-14-26)21-22-32(33)34(30)28-19-17-25(18-20-28)24(3)4/h5-23H,1-3H2,4H3. The van der Waals surface area contributed by atoms with Gasteiger partial charge in [0.25, 0.3) is 0 Å². The summed E-state index contributed by atoms with van der Waals surface area (Å²) >= 11 is 0. The second-order valence-corrected chi connectivity index (χ2v) is 8.84. The van der Waals surface area contributed by atoms with E-state index in [9.17, 15) is 0 Å². The lowest BCUT2D eigenvalue weighted by Crippen LogP contribution is -1.96. The zero-order chi connectivity index (χ0) is 24.4. The van der Waals surface area contributed by atoms with Crippen molar-refractivity contribution in [1.29, 1.82) is 0 Å². The molecule has 0 heteroatoms. The van der Waals surface area contributed by atoms with Crippen molar-refractivity contribution in [2.45, 2.75) is 6.92 Å². The van der Waals surface area contributed by atoms with Crippen LogP contribution >= 0.6 is 0 Å². The Morgan fingerprint density at radius 3 is 1.57 bits per heavy atom. The first-order valence-corrected chi connectivity index (χ1v) is 11.9. The van der Waals surface area contributed by atoms with Gasteiger partial charge in [-0.1, -0.05) is 135 Å². The van der Waals surface area contributed by atoms with Crippen molar-refractivity contribution in [1.82, 2.24) is 0 Å². The Labute approximate surface area is 208 Å². The van der Waals surface area contributed by atoms with E-state index < -0.39 is 0 Å². The summed E-state index contributed by atoms with van der Waals surface area (Å²) in [5.41, 5.74) is 11.5. The molecule has 0 nitrogen and oxygen atoms in total. The van der Waals surface area contributed by atoms with Crippen molar-refractivity contribution in [3.05, 3.63) is 140 Å². The minimum absolute atomic E-state index is 1.06. The Balaban J connectivity index is 1.91. The monoisotopic (exact) mass is 448 g/mol. The summed E-state index contributed by atoms with van der Waals surface area (Å²) in [6.45, 7) is 14.6. The lowest BCUT2D eigenvalue weighted by Gasteiger charge is -2.21. The maximum Gasteiger partial charge on any atom is -0.00264 e. The van der Waals surface area contributed by atoms with E-state index in [-0.39, 0.29) is 0 Å². The highest BCUT2D eigenvalue weighted by molar-refractivity contribution is 6.12. The molecule has 5 rings (SSSR count). The van der Waals surface area contributed by atoms with Gasteiger partial charge in [-0.3, -0.25) is 0 Å². The molecule has 0 N–H and O–H groups in total. The van der Waals surface area contributed by atoms with Gasteiger partial charge in [0.05, 0.1) is 0 Å². The van der Waals surface area contributed by atoms with Crippen LogP contribution in [-0.4, -0.2) is 0 Å². The third-order valence-corrected chi connectivity index (χ3v) is 6.63. The summed E-state index contributed by atoms with van der Waals surface area (Å²) in [7, 11) is 0. The van der Waals surface area contributed by atoms with E-state index in [0.717, 1.165) is 27.8 Å². The average Bonchev–Trinajstić information content (AvgIpc) is 2.92. The summed E-state index contributed by atoms with van der Waals surface area (Å²) in [6.07, 6.45) is 3.94. The molecule has 0 atom stereocenters. The highest BCUT2D eigenvalue weighted by Crippen LogP contribution is 2.44. The number of fused-ring (bicyclic) bond motifs is 1. The minimum atomic E-state index is 1.06.